The molecule has 0 aliphatic heterocycles. The maximum atomic E-state index is 11.7. The van der Waals surface area contributed by atoms with Gasteiger partial charge in [-0.2, -0.15) is 0 Å². The number of nitrogens with one attached hydrogen (secondary N) is 3. The Bertz CT molecular complexity index is 712. The van der Waals surface area contributed by atoms with E-state index in [9.17, 15) is 4.79 Å². The van der Waals surface area contributed by atoms with Gasteiger partial charge in [-0.3, -0.25) is 9.78 Å². The molecule has 5 nitrogen and oxygen atoms in total. The molecule has 20 heavy (non-hydrogen) atoms. The number of benzene rings is 1. The van der Waals surface area contributed by atoms with Gasteiger partial charge < -0.3 is 10.7 Å². The van der Waals surface area contributed by atoms with Gasteiger partial charge in [-0.05, 0) is 24.6 Å². The van der Waals surface area contributed by atoms with Gasteiger partial charge in [0.15, 0.2) is 0 Å². The number of aromatic nitrogens is 2. The highest BCUT2D eigenvalue weighted by Crippen LogP contribution is 2.22. The van der Waals surface area contributed by atoms with Crippen LogP contribution >= 0.6 is 23.2 Å². The Morgan fingerprint density at radius 3 is 2.80 bits per heavy atom. The summed E-state index contributed by atoms with van der Waals surface area (Å²) in [5, 5.41) is 11.2. The Morgan fingerprint density at radius 1 is 1.40 bits per heavy atom. The first-order valence-corrected chi connectivity index (χ1v) is 6.56. The van der Waals surface area contributed by atoms with Gasteiger partial charge in [0.05, 0.1) is 15.7 Å². The van der Waals surface area contributed by atoms with Gasteiger partial charge >= 0.3 is 0 Å². The predicted molar refractivity (Wildman–Crippen MR) is 81.3 cm³/mol. The fourth-order valence-corrected chi connectivity index (χ4v) is 1.93. The summed E-state index contributed by atoms with van der Waals surface area (Å²) in [5.74, 6) is 0.310. The van der Waals surface area contributed by atoms with Gasteiger partial charge in [0, 0.05) is 18.3 Å². The second kappa shape index (κ2) is 6.07. The SMILES string of the molecule is Cc1c(C=N)nc(NCc2ccc(Cl)c(Cl)c2)[nH]c1=O. The normalized spacial score (nSPS) is 10.3. The van der Waals surface area contributed by atoms with E-state index < -0.39 is 0 Å². The predicted octanol–water partition coefficient (Wildman–Crippen LogP) is 2.99. The molecule has 0 fully saturated rings. The topological polar surface area (TPSA) is 81.6 Å². The van der Waals surface area contributed by atoms with Crippen LogP contribution in [0.25, 0.3) is 0 Å². The molecule has 104 valence electrons. The van der Waals surface area contributed by atoms with Crippen LogP contribution in [0.1, 0.15) is 16.8 Å². The number of H-pyrrole nitrogens is 1. The first-order chi connectivity index (χ1) is 9.51. The average Bonchev–Trinajstić information content (AvgIpc) is 2.43. The standard InChI is InChI=1S/C13H12Cl2N4O/c1-7-11(5-16)18-13(19-12(7)20)17-6-8-2-3-9(14)10(15)4-8/h2-5,16H,6H2,1H3,(H2,17,18,19,20). The van der Waals surface area contributed by atoms with Gasteiger partial charge in [-0.1, -0.05) is 29.3 Å². The number of nitrogens with zero attached hydrogens (tertiary/aromatic N) is 1. The zero-order chi connectivity index (χ0) is 14.7. The van der Waals surface area contributed by atoms with Crippen LogP contribution in [0.4, 0.5) is 5.95 Å². The minimum atomic E-state index is -0.268. The summed E-state index contributed by atoms with van der Waals surface area (Å²) in [4.78, 5) is 18.4. The Balaban J connectivity index is 2.18. The third kappa shape index (κ3) is 3.18. The molecule has 0 bridgehead atoms. The summed E-state index contributed by atoms with van der Waals surface area (Å²) >= 11 is 11.8. The molecule has 1 heterocycles. The minimum absolute atomic E-state index is 0.268. The van der Waals surface area contributed by atoms with Crippen LogP contribution in [-0.2, 0) is 6.54 Å². The molecule has 0 aliphatic carbocycles. The van der Waals surface area contributed by atoms with Gasteiger partial charge in [0.25, 0.3) is 5.56 Å². The van der Waals surface area contributed by atoms with Crippen LogP contribution in [0.2, 0.25) is 10.0 Å². The largest absolute Gasteiger partial charge is 0.352 e. The number of aromatic amines is 1. The Labute approximate surface area is 125 Å². The highest BCUT2D eigenvalue weighted by Gasteiger charge is 2.05. The summed E-state index contributed by atoms with van der Waals surface area (Å²) in [6.45, 7) is 2.05. The van der Waals surface area contributed by atoms with Gasteiger partial charge in [-0.25, -0.2) is 4.98 Å². The Morgan fingerprint density at radius 2 is 2.15 bits per heavy atom. The molecule has 2 aromatic rings. The lowest BCUT2D eigenvalue weighted by Crippen LogP contribution is -2.18. The summed E-state index contributed by atoms with van der Waals surface area (Å²) in [5.41, 5.74) is 1.39. The maximum Gasteiger partial charge on any atom is 0.255 e. The van der Waals surface area contributed by atoms with E-state index >= 15 is 0 Å². The van der Waals surface area contributed by atoms with Crippen molar-refractivity contribution in [1.82, 2.24) is 9.97 Å². The molecule has 0 unspecified atom stereocenters. The van der Waals surface area contributed by atoms with Crippen molar-refractivity contribution in [2.24, 2.45) is 0 Å². The van der Waals surface area contributed by atoms with Crippen molar-refractivity contribution >= 4 is 35.4 Å². The van der Waals surface area contributed by atoms with Crippen LogP contribution in [0.15, 0.2) is 23.0 Å². The molecule has 0 spiro atoms. The molecule has 7 heteroatoms. The zero-order valence-electron chi connectivity index (χ0n) is 10.6. The Kier molecular flexibility index (Phi) is 4.42. The molecule has 0 radical (unpaired) electrons. The molecule has 0 saturated heterocycles. The third-order valence-electron chi connectivity index (χ3n) is 2.77. The van der Waals surface area contributed by atoms with Crippen molar-refractivity contribution in [2.45, 2.75) is 13.5 Å². The van der Waals surface area contributed by atoms with E-state index in [0.29, 0.717) is 33.8 Å². The molecule has 3 N–H and O–H groups in total. The van der Waals surface area contributed by atoms with Gasteiger partial charge in [0.1, 0.15) is 0 Å². The van der Waals surface area contributed by atoms with E-state index in [1.807, 2.05) is 6.07 Å². The maximum absolute atomic E-state index is 11.7. The van der Waals surface area contributed by atoms with Crippen LogP contribution in [0, 0.1) is 12.3 Å². The first kappa shape index (κ1) is 14.6. The lowest BCUT2D eigenvalue weighted by atomic mass is 10.2. The fourth-order valence-electron chi connectivity index (χ4n) is 1.61. The van der Waals surface area contributed by atoms with Crippen molar-refractivity contribution in [3.05, 3.63) is 55.4 Å². The van der Waals surface area contributed by atoms with Gasteiger partial charge in [-0.15, -0.1) is 0 Å². The van der Waals surface area contributed by atoms with Crippen LogP contribution in [0.3, 0.4) is 0 Å². The Hall–Kier alpha value is -1.85. The lowest BCUT2D eigenvalue weighted by Gasteiger charge is -2.08. The molecule has 2 rings (SSSR count). The van der Waals surface area contributed by atoms with E-state index in [2.05, 4.69) is 15.3 Å². The molecule has 0 aliphatic rings. The van der Waals surface area contributed by atoms with E-state index in [-0.39, 0.29) is 5.56 Å². The van der Waals surface area contributed by atoms with Crippen molar-refractivity contribution < 1.29 is 0 Å². The van der Waals surface area contributed by atoms with Crippen LogP contribution < -0.4 is 10.9 Å². The first-order valence-electron chi connectivity index (χ1n) is 5.80. The molecule has 1 aromatic carbocycles. The monoisotopic (exact) mass is 310 g/mol. The van der Waals surface area contributed by atoms with Crippen molar-refractivity contribution in [3.63, 3.8) is 0 Å². The average molecular weight is 311 g/mol. The second-order valence-corrected chi connectivity index (χ2v) is 4.99. The minimum Gasteiger partial charge on any atom is -0.352 e. The van der Waals surface area contributed by atoms with Crippen molar-refractivity contribution in [2.75, 3.05) is 5.32 Å². The van der Waals surface area contributed by atoms with Crippen molar-refractivity contribution in [1.29, 1.82) is 5.41 Å². The molecule has 0 saturated carbocycles. The second-order valence-electron chi connectivity index (χ2n) is 4.17. The number of hydrogen-bond donors (Lipinski definition) is 3. The molecule has 0 atom stereocenters. The summed E-state index contributed by atoms with van der Waals surface area (Å²) < 4.78 is 0. The smallest absolute Gasteiger partial charge is 0.255 e. The van der Waals surface area contributed by atoms with E-state index in [1.54, 1.807) is 19.1 Å². The van der Waals surface area contributed by atoms with E-state index in [0.717, 1.165) is 11.8 Å². The highest BCUT2D eigenvalue weighted by molar-refractivity contribution is 6.42. The van der Waals surface area contributed by atoms with Gasteiger partial charge in [0.2, 0.25) is 5.95 Å². The molecular weight excluding hydrogens is 299 g/mol. The lowest BCUT2D eigenvalue weighted by molar-refractivity contribution is 1.01. The number of anilines is 1. The summed E-state index contributed by atoms with van der Waals surface area (Å²) in [7, 11) is 0. The fraction of sp³-hybridized carbons (Fsp3) is 0.154. The third-order valence-corrected chi connectivity index (χ3v) is 3.51. The van der Waals surface area contributed by atoms with Crippen molar-refractivity contribution in [3.8, 4) is 0 Å². The zero-order valence-corrected chi connectivity index (χ0v) is 12.1. The van der Waals surface area contributed by atoms with Crippen LogP contribution in [0.5, 0.6) is 0 Å². The number of rotatable bonds is 4. The molecule has 0 amide bonds. The molecular formula is C13H12Cl2N4O. The quantitative estimate of drug-likeness (QED) is 0.759. The van der Waals surface area contributed by atoms with E-state index in [4.69, 9.17) is 28.6 Å². The van der Waals surface area contributed by atoms with Crippen LogP contribution in [-0.4, -0.2) is 16.2 Å². The summed E-state index contributed by atoms with van der Waals surface area (Å²) in [6.07, 6.45) is 1.05. The van der Waals surface area contributed by atoms with E-state index in [1.165, 1.54) is 0 Å². The summed E-state index contributed by atoms with van der Waals surface area (Å²) in [6, 6.07) is 5.26. The highest BCUT2D eigenvalue weighted by atomic mass is 35.5. The molecule has 1 aromatic heterocycles. The number of halogens is 2. The number of hydrogen-bond acceptors (Lipinski definition) is 4.